The summed E-state index contributed by atoms with van der Waals surface area (Å²) in [6.07, 6.45) is 1.56. The normalized spacial score (nSPS) is 17.3. The summed E-state index contributed by atoms with van der Waals surface area (Å²) in [5.41, 5.74) is 1.36. The number of amides is 2. The summed E-state index contributed by atoms with van der Waals surface area (Å²) in [7, 11) is 1.51. The molecule has 1 heterocycles. The van der Waals surface area contributed by atoms with Crippen LogP contribution >= 0.6 is 0 Å². The molecule has 0 saturated carbocycles. The highest BCUT2D eigenvalue weighted by molar-refractivity contribution is 5.95. The Morgan fingerprint density at radius 1 is 1.36 bits per heavy atom. The van der Waals surface area contributed by atoms with Gasteiger partial charge in [0.2, 0.25) is 0 Å². The van der Waals surface area contributed by atoms with Gasteiger partial charge in [-0.3, -0.25) is 4.90 Å². The molecule has 0 aliphatic carbocycles. The molecule has 2 rings (SSSR count). The Hall–Kier alpha value is -2.67. The van der Waals surface area contributed by atoms with E-state index in [1.54, 1.807) is 13.0 Å². The largest absolute Gasteiger partial charge is 0.460 e. The zero-order chi connectivity index (χ0) is 18.4. The maximum absolute atomic E-state index is 13.2. The summed E-state index contributed by atoms with van der Waals surface area (Å²) < 4.78 is 23.3. The number of esters is 1. The number of methoxy groups -OCH3 is 1. The van der Waals surface area contributed by atoms with Gasteiger partial charge in [-0.25, -0.2) is 14.0 Å². The van der Waals surface area contributed by atoms with Gasteiger partial charge in [-0.15, -0.1) is 6.58 Å². The molecule has 0 spiro atoms. The molecule has 1 aromatic rings. The molecular weight excluding hydrogens is 327 g/mol. The van der Waals surface area contributed by atoms with Crippen molar-refractivity contribution in [3.63, 3.8) is 0 Å². The second-order valence-corrected chi connectivity index (χ2v) is 5.46. The highest BCUT2D eigenvalue weighted by Crippen LogP contribution is 2.31. The van der Waals surface area contributed by atoms with E-state index >= 15 is 0 Å². The van der Waals surface area contributed by atoms with Gasteiger partial charge < -0.3 is 14.8 Å². The molecule has 2 amide bonds. The van der Waals surface area contributed by atoms with Gasteiger partial charge in [0.1, 0.15) is 12.4 Å². The zero-order valence-corrected chi connectivity index (χ0v) is 14.3. The van der Waals surface area contributed by atoms with Gasteiger partial charge in [0.05, 0.1) is 18.2 Å². The smallest absolute Gasteiger partial charge is 0.338 e. The number of urea groups is 1. The predicted octanol–water partition coefficient (Wildman–Crippen LogP) is 2.54. The first kappa shape index (κ1) is 18.7. The Kier molecular flexibility index (Phi) is 6.30. The molecule has 1 unspecified atom stereocenters. The quantitative estimate of drug-likeness (QED) is 0.467. The topological polar surface area (TPSA) is 67.9 Å². The number of hydrogen-bond acceptors (Lipinski definition) is 4. The van der Waals surface area contributed by atoms with Crippen LogP contribution in [-0.2, 0) is 14.3 Å². The molecular formula is C18H21FN2O4. The van der Waals surface area contributed by atoms with Crippen molar-refractivity contribution in [3.8, 4) is 0 Å². The molecule has 0 radical (unpaired) electrons. The van der Waals surface area contributed by atoms with Gasteiger partial charge in [0.25, 0.3) is 0 Å². The van der Waals surface area contributed by atoms with Crippen molar-refractivity contribution in [3.05, 3.63) is 59.6 Å². The van der Waals surface area contributed by atoms with Crippen LogP contribution < -0.4 is 5.32 Å². The van der Waals surface area contributed by atoms with Crippen LogP contribution in [0.15, 0.2) is 48.2 Å². The van der Waals surface area contributed by atoms with E-state index < -0.39 is 17.8 Å². The Morgan fingerprint density at radius 3 is 2.64 bits per heavy atom. The number of rotatable bonds is 7. The first-order valence-electron chi connectivity index (χ1n) is 7.80. The van der Waals surface area contributed by atoms with E-state index in [4.69, 9.17) is 9.47 Å². The summed E-state index contributed by atoms with van der Waals surface area (Å²) in [6.45, 7) is 5.91. The molecule has 134 valence electrons. The van der Waals surface area contributed by atoms with Crippen LogP contribution in [-0.4, -0.2) is 43.8 Å². The lowest BCUT2D eigenvalue weighted by Crippen LogP contribution is -2.48. The number of nitrogens with one attached hydrogen (secondary N) is 1. The molecule has 1 aliphatic heterocycles. The molecule has 1 aromatic carbocycles. The van der Waals surface area contributed by atoms with Crippen LogP contribution in [0.2, 0.25) is 0 Å². The van der Waals surface area contributed by atoms with E-state index in [9.17, 15) is 14.0 Å². The number of halogens is 1. The fourth-order valence-corrected chi connectivity index (χ4v) is 2.60. The summed E-state index contributed by atoms with van der Waals surface area (Å²) in [6, 6.07) is 4.53. The van der Waals surface area contributed by atoms with Gasteiger partial charge >= 0.3 is 12.0 Å². The standard InChI is InChI=1S/C18H21FN2O4/c1-4-9-21-12(2)15(17(22)25-11-10-24-3)16(20-18(21)23)13-5-7-14(19)8-6-13/h4-8,16H,1,9-11H2,2-3H3,(H,20,23). The molecule has 1 N–H and O–H groups in total. The average molecular weight is 348 g/mol. The van der Waals surface area contributed by atoms with Crippen LogP contribution in [0.1, 0.15) is 18.5 Å². The number of carbonyl (C=O) groups is 2. The number of benzene rings is 1. The van der Waals surface area contributed by atoms with Gasteiger partial charge in [0.15, 0.2) is 0 Å². The second-order valence-electron chi connectivity index (χ2n) is 5.46. The lowest BCUT2D eigenvalue weighted by Gasteiger charge is -2.34. The van der Waals surface area contributed by atoms with Crippen molar-refractivity contribution >= 4 is 12.0 Å². The lowest BCUT2D eigenvalue weighted by atomic mass is 9.95. The fraction of sp³-hybridized carbons (Fsp3) is 0.333. The highest BCUT2D eigenvalue weighted by Gasteiger charge is 2.36. The van der Waals surface area contributed by atoms with E-state index in [0.29, 0.717) is 16.8 Å². The summed E-state index contributed by atoms with van der Waals surface area (Å²) >= 11 is 0. The third-order valence-corrected chi connectivity index (χ3v) is 3.85. The SMILES string of the molecule is C=CCN1C(=O)NC(c2ccc(F)cc2)C(C(=O)OCCOC)=C1C. The van der Waals surface area contributed by atoms with Crippen LogP contribution in [0.25, 0.3) is 0 Å². The number of allylic oxidation sites excluding steroid dienone is 1. The van der Waals surface area contributed by atoms with Crippen molar-refractivity contribution in [1.82, 2.24) is 10.2 Å². The first-order valence-corrected chi connectivity index (χ1v) is 7.80. The molecule has 0 saturated heterocycles. The summed E-state index contributed by atoms with van der Waals surface area (Å²) in [5.74, 6) is -0.956. The Bertz CT molecular complexity index is 685. The highest BCUT2D eigenvalue weighted by atomic mass is 19.1. The average Bonchev–Trinajstić information content (AvgIpc) is 2.59. The molecule has 0 aromatic heterocycles. The van der Waals surface area contributed by atoms with Crippen LogP contribution in [0.4, 0.5) is 9.18 Å². The number of carbonyl (C=O) groups excluding carboxylic acids is 2. The maximum atomic E-state index is 13.2. The van der Waals surface area contributed by atoms with E-state index in [1.165, 1.54) is 36.3 Å². The van der Waals surface area contributed by atoms with E-state index in [2.05, 4.69) is 11.9 Å². The van der Waals surface area contributed by atoms with Crippen molar-refractivity contribution in [2.75, 3.05) is 26.9 Å². The molecule has 1 atom stereocenters. The third kappa shape index (κ3) is 4.24. The molecule has 6 nitrogen and oxygen atoms in total. The molecule has 1 aliphatic rings. The van der Waals surface area contributed by atoms with E-state index in [0.717, 1.165) is 0 Å². The molecule has 25 heavy (non-hydrogen) atoms. The van der Waals surface area contributed by atoms with Crippen molar-refractivity contribution in [2.24, 2.45) is 0 Å². The maximum Gasteiger partial charge on any atom is 0.338 e. The second kappa shape index (κ2) is 8.43. The first-order chi connectivity index (χ1) is 12.0. The fourth-order valence-electron chi connectivity index (χ4n) is 2.60. The summed E-state index contributed by atoms with van der Waals surface area (Å²) in [4.78, 5) is 26.3. The molecule has 0 fully saturated rings. The van der Waals surface area contributed by atoms with Crippen molar-refractivity contribution in [1.29, 1.82) is 0 Å². The number of nitrogens with zero attached hydrogens (tertiary/aromatic N) is 1. The minimum Gasteiger partial charge on any atom is -0.460 e. The zero-order valence-electron chi connectivity index (χ0n) is 14.3. The van der Waals surface area contributed by atoms with Gasteiger partial charge in [-0.2, -0.15) is 0 Å². The lowest BCUT2D eigenvalue weighted by molar-refractivity contribution is -0.140. The predicted molar refractivity (Wildman–Crippen MR) is 90.1 cm³/mol. The monoisotopic (exact) mass is 348 g/mol. The summed E-state index contributed by atoms with van der Waals surface area (Å²) in [5, 5.41) is 2.77. The van der Waals surface area contributed by atoms with Gasteiger partial charge in [-0.05, 0) is 24.6 Å². The Balaban J connectivity index is 2.41. The minimum absolute atomic E-state index is 0.0949. The van der Waals surface area contributed by atoms with E-state index in [-0.39, 0.29) is 25.8 Å². The Labute approximate surface area is 145 Å². The van der Waals surface area contributed by atoms with Crippen LogP contribution in [0.5, 0.6) is 0 Å². The van der Waals surface area contributed by atoms with Crippen LogP contribution in [0.3, 0.4) is 0 Å². The van der Waals surface area contributed by atoms with Gasteiger partial charge in [0, 0.05) is 19.4 Å². The Morgan fingerprint density at radius 2 is 2.04 bits per heavy atom. The van der Waals surface area contributed by atoms with Crippen LogP contribution in [0, 0.1) is 5.82 Å². The minimum atomic E-state index is -0.718. The van der Waals surface area contributed by atoms with E-state index in [1.807, 2.05) is 0 Å². The molecule has 0 bridgehead atoms. The van der Waals surface area contributed by atoms with Crippen molar-refractivity contribution in [2.45, 2.75) is 13.0 Å². The van der Waals surface area contributed by atoms with Gasteiger partial charge in [-0.1, -0.05) is 18.2 Å². The van der Waals surface area contributed by atoms with Crippen molar-refractivity contribution < 1.29 is 23.5 Å². The third-order valence-electron chi connectivity index (χ3n) is 3.85. The molecule has 7 heteroatoms. The number of hydrogen-bond donors (Lipinski definition) is 1. The number of ether oxygens (including phenoxy) is 2.